The van der Waals surface area contributed by atoms with Crippen LogP contribution in [0.25, 0.3) is 0 Å². The molecular weight excluding hydrogens is 630 g/mol. The first-order valence-electron chi connectivity index (χ1n) is 15.6. The Morgan fingerprint density at radius 3 is 2.48 bits per heavy atom. The first kappa shape index (κ1) is 32.4. The third-order valence-electron chi connectivity index (χ3n) is 9.41. The Kier molecular flexibility index (Phi) is 9.96. The van der Waals surface area contributed by atoms with Gasteiger partial charge in [0.1, 0.15) is 29.8 Å². The Bertz CT molecular complexity index is 1320. The second-order valence-electron chi connectivity index (χ2n) is 12.1. The van der Waals surface area contributed by atoms with E-state index in [2.05, 4.69) is 15.9 Å². The van der Waals surface area contributed by atoms with E-state index >= 15 is 0 Å². The number of cyclic esters (lactones) is 1. The second kappa shape index (κ2) is 13.5. The molecule has 4 heterocycles. The smallest absolute Gasteiger partial charge is 0.313 e. The van der Waals surface area contributed by atoms with E-state index in [-0.39, 0.29) is 43.7 Å². The quantitative estimate of drug-likeness (QED) is 0.349. The summed E-state index contributed by atoms with van der Waals surface area (Å²) in [5, 5.41) is 9.65. The predicted molar refractivity (Wildman–Crippen MR) is 166 cm³/mol. The number of carbonyl (C=O) groups is 4. The molecular formula is C33H42BrN3O7. The van der Waals surface area contributed by atoms with E-state index in [4.69, 9.17) is 9.47 Å². The summed E-state index contributed by atoms with van der Waals surface area (Å²) in [5.74, 6) is -3.32. The van der Waals surface area contributed by atoms with Crippen LogP contribution in [0.4, 0.5) is 0 Å². The largest absolute Gasteiger partial charge is 0.455 e. The minimum atomic E-state index is -1.36. The van der Waals surface area contributed by atoms with Crippen LogP contribution in [0.1, 0.15) is 57.6 Å². The fourth-order valence-corrected chi connectivity index (χ4v) is 7.72. The number of hydrogen-bond donors (Lipinski definition) is 1. The Morgan fingerprint density at radius 2 is 1.77 bits per heavy atom. The van der Waals surface area contributed by atoms with E-state index in [1.54, 1.807) is 22.9 Å². The maximum absolute atomic E-state index is 14.4. The number of aliphatic hydroxyl groups is 1. The van der Waals surface area contributed by atoms with Gasteiger partial charge in [-0.25, -0.2) is 0 Å². The van der Waals surface area contributed by atoms with Gasteiger partial charge in [-0.2, -0.15) is 0 Å². The maximum Gasteiger partial charge on any atom is 0.313 e. The van der Waals surface area contributed by atoms with Gasteiger partial charge in [-0.05, 0) is 37.8 Å². The highest BCUT2D eigenvalue weighted by Crippen LogP contribution is 2.59. The summed E-state index contributed by atoms with van der Waals surface area (Å²) in [6.45, 7) is 4.69. The summed E-state index contributed by atoms with van der Waals surface area (Å²) in [4.78, 5) is 61.0. The van der Waals surface area contributed by atoms with E-state index in [9.17, 15) is 24.3 Å². The van der Waals surface area contributed by atoms with Gasteiger partial charge in [0.15, 0.2) is 0 Å². The molecule has 10 nitrogen and oxygen atoms in total. The molecule has 4 aliphatic rings. The van der Waals surface area contributed by atoms with E-state index in [0.717, 1.165) is 18.4 Å². The number of allylic oxidation sites excluding steroid dienone is 1. The van der Waals surface area contributed by atoms with E-state index in [1.807, 2.05) is 56.3 Å². The molecule has 7 atom stereocenters. The van der Waals surface area contributed by atoms with Crippen LogP contribution in [-0.4, -0.2) is 101 Å². The molecule has 11 heteroatoms. The third-order valence-corrected chi connectivity index (χ3v) is 10.1. The summed E-state index contributed by atoms with van der Waals surface area (Å²) in [6, 6.07) is 7.76. The van der Waals surface area contributed by atoms with Gasteiger partial charge in [0.05, 0.1) is 12.0 Å². The Morgan fingerprint density at radius 1 is 1.02 bits per heavy atom. The minimum absolute atomic E-state index is 0.0935. The molecule has 44 heavy (non-hydrogen) atoms. The van der Waals surface area contributed by atoms with Crippen LogP contribution < -0.4 is 0 Å². The molecule has 0 aromatic heterocycles. The number of esters is 1. The second-order valence-corrected chi connectivity index (χ2v) is 13.0. The highest BCUT2D eigenvalue weighted by Gasteiger charge is 2.74. The molecule has 5 bridgehead atoms. The van der Waals surface area contributed by atoms with Gasteiger partial charge in [0.25, 0.3) is 0 Å². The predicted octanol–water partition coefficient (Wildman–Crippen LogP) is 3.35. The molecule has 0 unspecified atom stereocenters. The third kappa shape index (κ3) is 5.74. The number of fused-ring (bicyclic) bond motifs is 2. The van der Waals surface area contributed by atoms with Gasteiger partial charge < -0.3 is 29.3 Å². The van der Waals surface area contributed by atoms with E-state index in [0.29, 0.717) is 24.0 Å². The van der Waals surface area contributed by atoms with Crippen molar-refractivity contribution in [1.82, 2.24) is 14.7 Å². The SMILES string of the molecule is CCCCN1C/C=C\CCC(=O)N(C)[C@H](C)[C@@H](c2ccccc2)OC(=O)[C@@H]2[C@H]3O[C@@]4(C=C3Br)[C@H](C1=O)N(CCCO)C(=O)[C@@H]24. The molecule has 1 aromatic rings. The van der Waals surface area contributed by atoms with Crippen LogP contribution in [-0.2, 0) is 28.7 Å². The molecule has 0 saturated carbocycles. The number of likely N-dealkylation sites (N-methyl/N-ethyl adjacent to an activating group) is 1. The molecule has 3 amide bonds. The number of hydrogen-bond acceptors (Lipinski definition) is 7. The minimum Gasteiger partial charge on any atom is -0.455 e. The average molecular weight is 673 g/mol. The summed E-state index contributed by atoms with van der Waals surface area (Å²) in [5.41, 5.74) is -0.638. The molecule has 0 radical (unpaired) electrons. The number of likely N-dealkylation sites (tertiary alicyclic amines) is 1. The van der Waals surface area contributed by atoms with Crippen molar-refractivity contribution < 1.29 is 33.8 Å². The Hall–Kier alpha value is -3.02. The van der Waals surface area contributed by atoms with Gasteiger partial charge in [-0.1, -0.05) is 71.8 Å². The number of halogens is 1. The topological polar surface area (TPSA) is 117 Å². The van der Waals surface area contributed by atoms with Crippen molar-refractivity contribution in [1.29, 1.82) is 0 Å². The summed E-state index contributed by atoms with van der Waals surface area (Å²) in [7, 11) is 1.71. The summed E-state index contributed by atoms with van der Waals surface area (Å²) >= 11 is 3.59. The van der Waals surface area contributed by atoms with E-state index in [1.165, 1.54) is 4.90 Å². The molecule has 1 aromatic carbocycles. The molecule has 238 valence electrons. The molecule has 5 rings (SSSR count). The monoisotopic (exact) mass is 671 g/mol. The zero-order valence-corrected chi connectivity index (χ0v) is 27.1. The lowest BCUT2D eigenvalue weighted by atomic mass is 9.74. The van der Waals surface area contributed by atoms with Gasteiger partial charge in [-0.15, -0.1) is 0 Å². The molecule has 2 fully saturated rings. The molecule has 0 aliphatic carbocycles. The van der Waals surface area contributed by atoms with Crippen LogP contribution in [0.3, 0.4) is 0 Å². The van der Waals surface area contributed by atoms with Crippen molar-refractivity contribution in [2.45, 2.75) is 75.8 Å². The Labute approximate surface area is 267 Å². The van der Waals surface area contributed by atoms with Gasteiger partial charge in [0, 0.05) is 44.2 Å². The van der Waals surface area contributed by atoms with Crippen molar-refractivity contribution in [3.63, 3.8) is 0 Å². The van der Waals surface area contributed by atoms with Crippen LogP contribution >= 0.6 is 15.9 Å². The molecule has 1 spiro atoms. The van der Waals surface area contributed by atoms with Gasteiger partial charge in [-0.3, -0.25) is 19.2 Å². The number of rotatable bonds is 7. The average Bonchev–Trinajstić information content (AvgIpc) is 3.61. The summed E-state index contributed by atoms with van der Waals surface area (Å²) in [6.07, 6.45) is 6.68. The van der Waals surface area contributed by atoms with Gasteiger partial charge >= 0.3 is 5.97 Å². The van der Waals surface area contributed by atoms with Crippen LogP contribution in [0.5, 0.6) is 0 Å². The van der Waals surface area contributed by atoms with Crippen molar-refractivity contribution in [2.75, 3.05) is 33.3 Å². The van der Waals surface area contributed by atoms with Crippen LogP contribution in [0.15, 0.2) is 53.0 Å². The van der Waals surface area contributed by atoms with Crippen molar-refractivity contribution in [3.05, 3.63) is 58.6 Å². The highest BCUT2D eigenvalue weighted by atomic mass is 79.9. The number of carbonyl (C=O) groups excluding carboxylic acids is 4. The number of amides is 3. The number of unbranched alkanes of at least 4 members (excludes halogenated alkanes) is 1. The van der Waals surface area contributed by atoms with Gasteiger partial charge in [0.2, 0.25) is 17.7 Å². The first-order valence-corrected chi connectivity index (χ1v) is 16.4. The van der Waals surface area contributed by atoms with Crippen molar-refractivity contribution in [2.24, 2.45) is 11.8 Å². The standard InChI is InChI=1S/C33H42BrN3O7/c1-4-5-16-36-17-11-7-10-15-24(39)35(3)21(2)27(22-13-8-6-9-14-22)43-32(42)25-26-30(40)37(18-12-19-38)29(31(36)41)33(26)20-23(34)28(25)44-33/h6-9,11,13-14,20-21,25-29,38H,4-5,10,12,15-19H2,1-3H3/b11-7-/t21-,25+,26-,27+,28+,29+,33-/m1/s1. The number of aliphatic hydroxyl groups excluding tert-OH is 1. The van der Waals surface area contributed by atoms with E-state index < -0.39 is 47.7 Å². The zero-order valence-electron chi connectivity index (χ0n) is 25.6. The zero-order chi connectivity index (χ0) is 31.6. The lowest BCUT2D eigenvalue weighted by Crippen LogP contribution is -2.56. The fourth-order valence-electron chi connectivity index (χ4n) is 6.98. The molecule has 4 aliphatic heterocycles. The number of ether oxygens (including phenoxy) is 2. The van der Waals surface area contributed by atoms with Crippen LogP contribution in [0.2, 0.25) is 0 Å². The van der Waals surface area contributed by atoms with Crippen molar-refractivity contribution >= 4 is 39.6 Å². The molecule has 1 N–H and O–H groups in total. The fraction of sp³-hybridized carbons (Fsp3) is 0.576. The maximum atomic E-state index is 14.4. The lowest BCUT2D eigenvalue weighted by Gasteiger charge is -2.36. The number of nitrogens with zero attached hydrogens (tertiary/aromatic N) is 3. The van der Waals surface area contributed by atoms with Crippen molar-refractivity contribution in [3.8, 4) is 0 Å². The Balaban J connectivity index is 1.60. The lowest BCUT2D eigenvalue weighted by molar-refractivity contribution is -0.164. The summed E-state index contributed by atoms with van der Waals surface area (Å²) < 4.78 is 13.4. The first-order chi connectivity index (χ1) is 21.2. The molecule has 2 saturated heterocycles. The van der Waals surface area contributed by atoms with Crippen LogP contribution in [0, 0.1) is 11.8 Å². The number of benzene rings is 1. The highest BCUT2D eigenvalue weighted by molar-refractivity contribution is 9.11. The normalized spacial score (nSPS) is 33.5.